The van der Waals surface area contributed by atoms with Gasteiger partial charge in [-0.2, -0.15) is 0 Å². The van der Waals surface area contributed by atoms with E-state index in [9.17, 15) is 29.1 Å². The summed E-state index contributed by atoms with van der Waals surface area (Å²) in [6.07, 6.45) is -1.64. The van der Waals surface area contributed by atoms with Gasteiger partial charge < -0.3 is 20.3 Å². The van der Waals surface area contributed by atoms with Crippen molar-refractivity contribution in [3.05, 3.63) is 68.3 Å². The van der Waals surface area contributed by atoms with E-state index in [1.165, 1.54) is 36.4 Å². The molecule has 2 aromatic carbocycles. The highest BCUT2D eigenvalue weighted by Gasteiger charge is 2.28. The quantitative estimate of drug-likeness (QED) is 0.394. The number of carbonyl (C=O) groups is 3. The van der Waals surface area contributed by atoms with Gasteiger partial charge in [-0.05, 0) is 36.4 Å². The van der Waals surface area contributed by atoms with Gasteiger partial charge in [0.2, 0.25) is 0 Å². The van der Waals surface area contributed by atoms with Crippen LogP contribution in [0.2, 0.25) is 5.02 Å². The molecule has 12 nitrogen and oxygen atoms in total. The Kier molecular flexibility index (Phi) is 6.96. The number of nitrogen functional groups attached to an aromatic ring is 1. The number of amides is 1. The number of aromatic nitrogens is 2. The Bertz CT molecular complexity index is 1460. The number of carboxylic acid groups (broad SMARTS) is 1. The van der Waals surface area contributed by atoms with Crippen LogP contribution in [0.15, 0.2) is 52.1 Å². The second kappa shape index (κ2) is 9.73. The molecule has 0 aliphatic rings. The van der Waals surface area contributed by atoms with Crippen molar-refractivity contribution in [3.63, 3.8) is 0 Å². The van der Waals surface area contributed by atoms with Gasteiger partial charge in [-0.1, -0.05) is 11.6 Å². The number of nitrogens with two attached hydrogens (primary N) is 1. The molecule has 3 rings (SSSR count). The summed E-state index contributed by atoms with van der Waals surface area (Å²) in [7, 11) is 1.16. The Hall–Kier alpha value is -4.58. The summed E-state index contributed by atoms with van der Waals surface area (Å²) in [6, 6.07) is 9.36. The molecule has 0 aliphatic carbocycles. The lowest BCUT2D eigenvalue weighted by Crippen LogP contribution is -2.43. The SMILES string of the molecule is CC(=O)Oc1ccc(N(C(=O)O)c2c(N)n(-c3ccc(Cl)cc3)c(=O)n(C)c2=O)cc1OC(C)=O. The van der Waals surface area contributed by atoms with E-state index in [-0.39, 0.29) is 22.9 Å². The van der Waals surface area contributed by atoms with Crippen molar-refractivity contribution in [2.24, 2.45) is 7.05 Å². The number of hydrogen-bond donors (Lipinski definition) is 2. The van der Waals surface area contributed by atoms with Crippen LogP contribution in [0.5, 0.6) is 11.5 Å². The molecular weight excluding hydrogens is 484 g/mol. The zero-order valence-corrected chi connectivity index (χ0v) is 19.4. The summed E-state index contributed by atoms with van der Waals surface area (Å²) in [5.74, 6) is -2.40. The highest BCUT2D eigenvalue weighted by atomic mass is 35.5. The van der Waals surface area contributed by atoms with Crippen LogP contribution >= 0.6 is 11.6 Å². The Balaban J connectivity index is 2.31. The number of hydrogen-bond acceptors (Lipinski definition) is 8. The summed E-state index contributed by atoms with van der Waals surface area (Å²) >= 11 is 5.91. The summed E-state index contributed by atoms with van der Waals surface area (Å²) in [5, 5.41) is 10.4. The number of rotatable bonds is 5. The molecule has 3 N–H and O–H groups in total. The molecule has 1 aromatic heterocycles. The third kappa shape index (κ3) is 5.01. The van der Waals surface area contributed by atoms with Crippen molar-refractivity contribution in [2.75, 3.05) is 10.6 Å². The summed E-state index contributed by atoms with van der Waals surface area (Å²) in [6.45, 7) is 2.22. The Labute approximate surface area is 202 Å². The minimum Gasteiger partial charge on any atom is -0.464 e. The van der Waals surface area contributed by atoms with Crippen LogP contribution < -0.4 is 31.4 Å². The molecule has 3 aromatic rings. The second-order valence-corrected chi connectivity index (χ2v) is 7.57. The second-order valence-electron chi connectivity index (χ2n) is 7.13. The van der Waals surface area contributed by atoms with Crippen molar-refractivity contribution in [1.82, 2.24) is 9.13 Å². The molecule has 0 saturated carbocycles. The van der Waals surface area contributed by atoms with Gasteiger partial charge in [-0.15, -0.1) is 0 Å². The number of carbonyl (C=O) groups excluding carboxylic acids is 2. The zero-order valence-electron chi connectivity index (χ0n) is 18.6. The molecule has 0 aliphatic heterocycles. The Morgan fingerprint density at radius 1 is 0.971 bits per heavy atom. The van der Waals surface area contributed by atoms with Crippen LogP contribution in [0.25, 0.3) is 5.69 Å². The molecule has 0 bridgehead atoms. The first-order chi connectivity index (χ1) is 16.4. The highest BCUT2D eigenvalue weighted by Crippen LogP contribution is 2.36. The predicted molar refractivity (Wildman–Crippen MR) is 126 cm³/mol. The van der Waals surface area contributed by atoms with Crippen LogP contribution in [0, 0.1) is 0 Å². The fraction of sp³-hybridized carbons (Fsp3) is 0.136. The molecule has 0 radical (unpaired) electrons. The van der Waals surface area contributed by atoms with E-state index in [0.717, 1.165) is 31.5 Å². The van der Waals surface area contributed by atoms with Gasteiger partial charge in [0.15, 0.2) is 17.2 Å². The Morgan fingerprint density at radius 3 is 2.09 bits per heavy atom. The summed E-state index contributed by atoms with van der Waals surface area (Å²) in [5.41, 5.74) is 3.82. The smallest absolute Gasteiger partial charge is 0.416 e. The lowest BCUT2D eigenvalue weighted by Gasteiger charge is -2.23. The van der Waals surface area contributed by atoms with Crippen molar-refractivity contribution in [3.8, 4) is 17.2 Å². The van der Waals surface area contributed by atoms with Crippen LogP contribution in [0.3, 0.4) is 0 Å². The van der Waals surface area contributed by atoms with Crippen molar-refractivity contribution in [1.29, 1.82) is 0 Å². The number of anilines is 3. The average molecular weight is 503 g/mol. The first-order valence-corrected chi connectivity index (χ1v) is 10.2. The lowest BCUT2D eigenvalue weighted by atomic mass is 10.2. The molecule has 1 amide bonds. The highest BCUT2D eigenvalue weighted by molar-refractivity contribution is 6.30. The number of halogens is 1. The maximum absolute atomic E-state index is 13.0. The summed E-state index contributed by atoms with van der Waals surface area (Å²) in [4.78, 5) is 61.6. The van der Waals surface area contributed by atoms with Gasteiger partial charge in [-0.3, -0.25) is 19.0 Å². The maximum atomic E-state index is 13.0. The van der Waals surface area contributed by atoms with Gasteiger partial charge in [0, 0.05) is 32.0 Å². The minimum atomic E-state index is -1.64. The topological polar surface area (TPSA) is 163 Å². The molecule has 0 fully saturated rings. The molecule has 0 saturated heterocycles. The van der Waals surface area contributed by atoms with Crippen LogP contribution in [0.1, 0.15) is 13.8 Å². The van der Waals surface area contributed by atoms with Crippen molar-refractivity contribution >= 4 is 46.8 Å². The van der Waals surface area contributed by atoms with Gasteiger partial charge in [0.05, 0.1) is 11.4 Å². The van der Waals surface area contributed by atoms with E-state index < -0.39 is 40.8 Å². The predicted octanol–water partition coefficient (Wildman–Crippen LogP) is 2.44. The van der Waals surface area contributed by atoms with Crippen LogP contribution in [-0.4, -0.2) is 32.3 Å². The Morgan fingerprint density at radius 2 is 1.54 bits per heavy atom. The summed E-state index contributed by atoms with van der Waals surface area (Å²) < 4.78 is 11.7. The first-order valence-electron chi connectivity index (χ1n) is 9.83. The number of ether oxygens (including phenoxy) is 2. The fourth-order valence-corrected chi connectivity index (χ4v) is 3.33. The number of nitrogens with zero attached hydrogens (tertiary/aromatic N) is 3. The van der Waals surface area contributed by atoms with E-state index >= 15 is 0 Å². The van der Waals surface area contributed by atoms with Gasteiger partial charge in [0.1, 0.15) is 5.82 Å². The zero-order chi connectivity index (χ0) is 26.0. The standard InChI is InChI=1S/C22H19ClN4O8/c1-11(28)34-16-9-8-15(10-17(16)35-12(2)29)26(22(32)33)18-19(24)27(21(31)25(3)20(18)30)14-6-4-13(23)5-7-14/h4-10H,24H2,1-3H3,(H,32,33). The van der Waals surface area contributed by atoms with Crippen LogP contribution in [-0.2, 0) is 16.6 Å². The number of esters is 2. The third-order valence-corrected chi connectivity index (χ3v) is 4.91. The lowest BCUT2D eigenvalue weighted by molar-refractivity contribution is -0.134. The minimum absolute atomic E-state index is 0.159. The monoisotopic (exact) mass is 502 g/mol. The molecule has 0 spiro atoms. The average Bonchev–Trinajstić information content (AvgIpc) is 2.77. The molecule has 1 heterocycles. The van der Waals surface area contributed by atoms with E-state index in [4.69, 9.17) is 26.8 Å². The molecule has 0 unspecified atom stereocenters. The molecule has 0 atom stereocenters. The largest absolute Gasteiger partial charge is 0.464 e. The van der Waals surface area contributed by atoms with E-state index in [0.29, 0.717) is 14.5 Å². The van der Waals surface area contributed by atoms with Gasteiger partial charge in [0.25, 0.3) is 5.56 Å². The third-order valence-electron chi connectivity index (χ3n) is 4.66. The van der Waals surface area contributed by atoms with E-state index in [1.807, 2.05) is 0 Å². The van der Waals surface area contributed by atoms with E-state index in [1.54, 1.807) is 0 Å². The fourth-order valence-electron chi connectivity index (χ4n) is 3.21. The molecule has 13 heteroatoms. The molecular formula is C22H19ClN4O8. The normalized spacial score (nSPS) is 10.5. The van der Waals surface area contributed by atoms with Gasteiger partial charge >= 0.3 is 23.7 Å². The molecule has 182 valence electrons. The van der Waals surface area contributed by atoms with Crippen LogP contribution in [0.4, 0.5) is 22.0 Å². The van der Waals surface area contributed by atoms with Crippen molar-refractivity contribution in [2.45, 2.75) is 13.8 Å². The van der Waals surface area contributed by atoms with E-state index in [2.05, 4.69) is 0 Å². The van der Waals surface area contributed by atoms with Gasteiger partial charge in [-0.25, -0.2) is 19.1 Å². The maximum Gasteiger partial charge on any atom is 0.416 e. The first kappa shape index (κ1) is 25.1. The number of benzene rings is 2. The van der Waals surface area contributed by atoms with Crippen molar-refractivity contribution < 1.29 is 29.0 Å². The molecule has 35 heavy (non-hydrogen) atoms.